The van der Waals surface area contributed by atoms with Gasteiger partial charge in [-0.15, -0.1) is 0 Å². The lowest BCUT2D eigenvalue weighted by Crippen LogP contribution is -2.17. The molecule has 2 rings (SSSR count). The molecule has 0 aliphatic rings. The Morgan fingerprint density at radius 3 is 0.871 bits per heavy atom. The van der Waals surface area contributed by atoms with E-state index in [0.29, 0.717) is 12.8 Å². The van der Waals surface area contributed by atoms with E-state index in [9.17, 15) is 35.5 Å². The monoisotopic (exact) mass is 946 g/mol. The number of unbranched alkanes of at least 4 members (excludes halogenated alkanes) is 6. The highest BCUT2D eigenvalue weighted by Gasteiger charge is 2.36. The van der Waals surface area contributed by atoms with Crippen molar-refractivity contribution in [2.75, 3.05) is 62.5 Å². The van der Waals surface area contributed by atoms with Crippen LogP contribution in [-0.4, -0.2) is 100 Å². The number of benzene rings is 2. The first-order valence-electron chi connectivity index (χ1n) is 23.4. The second-order valence-corrected chi connectivity index (χ2v) is 28.5. The zero-order valence-electron chi connectivity index (χ0n) is 39.8. The van der Waals surface area contributed by atoms with Crippen LogP contribution >= 0.6 is 14.5 Å². The third-order valence-corrected chi connectivity index (χ3v) is 23.0. The Morgan fingerprint density at radius 2 is 0.661 bits per heavy atom. The molecular formula is C48H84O10P2S2. The van der Waals surface area contributed by atoms with Gasteiger partial charge in [0.05, 0.1) is 59.1 Å². The van der Waals surface area contributed by atoms with Crippen molar-refractivity contribution in [1.29, 1.82) is 0 Å². The van der Waals surface area contributed by atoms with E-state index < -0.39 is 34.8 Å². The summed E-state index contributed by atoms with van der Waals surface area (Å²) in [5.74, 6) is -0.263. The maximum Gasteiger partial charge on any atom is 0.306 e. The molecule has 358 valence electrons. The Labute approximate surface area is 380 Å². The minimum atomic E-state index is -4.27. The number of ether oxygens (including phenoxy) is 2. The standard InChI is InChI=1S/C34H70O4P2.2C7H8O3S/c1-7-13-25-39(26-14-8-2,27-15-9-3)31-19-21-33(35)37-23-24-38-34(36)22-20-32-40(28-16-10-4,29-17-11-5)30-18-12-6;2*1-6-2-4-7(5-3-6)11(8,9)10/h7-32H2,1-6H3;2*2-5H,1H3,(H,8,9,10)/q+2;;/p-2. The van der Waals surface area contributed by atoms with Crippen LogP contribution in [0.3, 0.4) is 0 Å². The predicted octanol–water partition coefficient (Wildman–Crippen LogP) is 12.3. The van der Waals surface area contributed by atoms with Crippen molar-refractivity contribution >= 4 is 46.7 Å². The van der Waals surface area contributed by atoms with Crippen LogP contribution in [-0.2, 0) is 39.3 Å². The van der Waals surface area contributed by atoms with E-state index >= 15 is 0 Å². The highest BCUT2D eigenvalue weighted by atomic mass is 32.2. The van der Waals surface area contributed by atoms with Crippen LogP contribution in [0, 0.1) is 13.8 Å². The van der Waals surface area contributed by atoms with E-state index in [0.717, 1.165) is 24.0 Å². The van der Waals surface area contributed by atoms with Gasteiger partial charge in [-0.25, -0.2) is 16.8 Å². The summed E-state index contributed by atoms with van der Waals surface area (Å²) in [6, 6.07) is 11.6. The second kappa shape index (κ2) is 34.4. The maximum absolute atomic E-state index is 12.4. The summed E-state index contributed by atoms with van der Waals surface area (Å²) in [5, 5.41) is 0. The molecule has 0 heterocycles. The summed E-state index contributed by atoms with van der Waals surface area (Å²) in [5.41, 5.74) is 1.86. The molecule has 0 saturated carbocycles. The van der Waals surface area contributed by atoms with Gasteiger partial charge in [-0.3, -0.25) is 9.59 Å². The first kappa shape index (κ1) is 60.1. The first-order valence-corrected chi connectivity index (χ1v) is 31.3. The lowest BCUT2D eigenvalue weighted by atomic mass is 10.2. The Balaban J connectivity index is 0.00000134. The van der Waals surface area contributed by atoms with Gasteiger partial charge in [0, 0.05) is 27.4 Å². The third-order valence-electron chi connectivity index (χ3n) is 11.2. The lowest BCUT2D eigenvalue weighted by Gasteiger charge is -2.28. The van der Waals surface area contributed by atoms with Crippen LogP contribution in [0.25, 0.3) is 0 Å². The number of carbonyl (C=O) groups excluding carboxylic acids is 2. The number of rotatable bonds is 31. The van der Waals surface area contributed by atoms with Crippen LogP contribution in [0.4, 0.5) is 0 Å². The molecule has 0 aliphatic carbocycles. The van der Waals surface area contributed by atoms with Crippen LogP contribution in [0.1, 0.15) is 155 Å². The van der Waals surface area contributed by atoms with Crippen molar-refractivity contribution in [3.8, 4) is 0 Å². The molecule has 14 heteroatoms. The summed E-state index contributed by atoms with van der Waals surface area (Å²) < 4.78 is 73.2. The van der Waals surface area contributed by atoms with E-state index in [1.165, 1.54) is 151 Å². The number of hydrogen-bond acceptors (Lipinski definition) is 10. The minimum Gasteiger partial charge on any atom is -0.744 e. The summed E-state index contributed by atoms with van der Waals surface area (Å²) >= 11 is 0. The Kier molecular flexibility index (Phi) is 33.3. The van der Waals surface area contributed by atoms with Gasteiger partial charge in [0.15, 0.2) is 0 Å². The van der Waals surface area contributed by atoms with Gasteiger partial charge < -0.3 is 18.6 Å². The molecule has 0 N–H and O–H groups in total. The van der Waals surface area contributed by atoms with Crippen molar-refractivity contribution in [1.82, 2.24) is 0 Å². The molecule has 0 fully saturated rings. The summed E-state index contributed by atoms with van der Waals surface area (Å²) in [4.78, 5) is 24.5. The quantitative estimate of drug-likeness (QED) is 0.0307. The summed E-state index contributed by atoms with van der Waals surface area (Å²) in [7, 11) is -10.5. The largest absolute Gasteiger partial charge is 0.744 e. The molecule has 0 radical (unpaired) electrons. The smallest absolute Gasteiger partial charge is 0.306 e. The Morgan fingerprint density at radius 1 is 0.435 bits per heavy atom. The van der Waals surface area contributed by atoms with Gasteiger partial charge in [0.25, 0.3) is 0 Å². The molecule has 62 heavy (non-hydrogen) atoms. The molecule has 0 aliphatic heterocycles. The fourth-order valence-electron chi connectivity index (χ4n) is 7.29. The third kappa shape index (κ3) is 28.8. The van der Waals surface area contributed by atoms with E-state index in [-0.39, 0.29) is 34.9 Å². The van der Waals surface area contributed by atoms with E-state index in [2.05, 4.69) is 41.5 Å². The molecule has 2 aromatic rings. The number of carbonyl (C=O) groups is 2. The van der Waals surface area contributed by atoms with Crippen LogP contribution in [0.15, 0.2) is 58.3 Å². The number of esters is 2. The van der Waals surface area contributed by atoms with E-state index in [4.69, 9.17) is 9.47 Å². The zero-order chi connectivity index (χ0) is 46.9. The molecule has 0 amide bonds. The molecule has 0 bridgehead atoms. The van der Waals surface area contributed by atoms with Gasteiger partial charge in [0.2, 0.25) is 0 Å². The molecule has 0 aromatic heterocycles. The second-order valence-electron chi connectivity index (χ2n) is 16.8. The normalized spacial score (nSPS) is 11.8. The Hall–Kier alpha value is -1.94. The SMILES string of the molecule is CCCC[P+](CCCC)(CCCC)CCCC(=O)OCCOC(=O)CCC[P+](CCCC)(CCCC)CCCC.Cc1ccc(S(=O)(=O)[O-])cc1.Cc1ccc(S(=O)(=O)[O-])cc1. The van der Waals surface area contributed by atoms with Crippen LogP contribution < -0.4 is 0 Å². The molecule has 0 unspecified atom stereocenters. The highest BCUT2D eigenvalue weighted by Crippen LogP contribution is 2.62. The molecular weight excluding hydrogens is 863 g/mol. The average molecular weight is 947 g/mol. The van der Waals surface area contributed by atoms with Gasteiger partial charge in [0.1, 0.15) is 33.5 Å². The molecule has 10 nitrogen and oxygen atoms in total. The van der Waals surface area contributed by atoms with Gasteiger partial charge in [-0.05, 0) is 89.5 Å². The molecule has 0 saturated heterocycles. The predicted molar refractivity (Wildman–Crippen MR) is 261 cm³/mol. The fourth-order valence-corrected chi connectivity index (χ4v) is 18.5. The highest BCUT2D eigenvalue weighted by molar-refractivity contribution is 7.86. The van der Waals surface area contributed by atoms with Crippen molar-refractivity contribution in [2.24, 2.45) is 0 Å². The van der Waals surface area contributed by atoms with Crippen molar-refractivity contribution in [3.63, 3.8) is 0 Å². The van der Waals surface area contributed by atoms with Gasteiger partial charge in [-0.2, -0.15) is 0 Å². The average Bonchev–Trinajstić information content (AvgIpc) is 3.23. The van der Waals surface area contributed by atoms with E-state index in [1.807, 2.05) is 13.8 Å². The zero-order valence-corrected chi connectivity index (χ0v) is 43.2. The number of hydrogen-bond donors (Lipinski definition) is 0. The minimum absolute atomic E-state index is 0.132. The van der Waals surface area contributed by atoms with Crippen LogP contribution in [0.2, 0.25) is 0 Å². The lowest BCUT2D eigenvalue weighted by molar-refractivity contribution is -0.152. The molecule has 2 aromatic carbocycles. The molecule has 0 spiro atoms. The summed E-state index contributed by atoms with van der Waals surface area (Å²) in [6.45, 7) is 17.8. The molecule has 0 atom stereocenters. The fraction of sp³-hybridized carbons (Fsp3) is 0.708. The van der Waals surface area contributed by atoms with Gasteiger partial charge in [-0.1, -0.05) is 115 Å². The van der Waals surface area contributed by atoms with E-state index in [1.54, 1.807) is 24.3 Å². The van der Waals surface area contributed by atoms with Crippen molar-refractivity contribution < 1.29 is 45.0 Å². The van der Waals surface area contributed by atoms with Crippen molar-refractivity contribution in [3.05, 3.63) is 59.7 Å². The Bertz CT molecular complexity index is 1510. The van der Waals surface area contributed by atoms with Crippen molar-refractivity contribution in [2.45, 2.75) is 168 Å². The summed E-state index contributed by atoms with van der Waals surface area (Å²) in [6.07, 6.45) is 29.3. The maximum atomic E-state index is 12.4. The number of aryl methyl sites for hydroxylation is 2. The topological polar surface area (TPSA) is 167 Å². The van der Waals surface area contributed by atoms with Gasteiger partial charge >= 0.3 is 11.9 Å². The van der Waals surface area contributed by atoms with Crippen LogP contribution in [0.5, 0.6) is 0 Å². The first-order chi connectivity index (χ1) is 29.4.